The molecule has 2 heterocycles. The third-order valence-corrected chi connectivity index (χ3v) is 2.23. The van der Waals surface area contributed by atoms with E-state index in [9.17, 15) is 0 Å². The van der Waals surface area contributed by atoms with Crippen LogP contribution >= 0.6 is 0 Å². The second-order valence-corrected chi connectivity index (χ2v) is 3.48. The third-order valence-electron chi connectivity index (χ3n) is 2.23. The highest BCUT2D eigenvalue weighted by molar-refractivity contribution is 5.38. The molecule has 2 rings (SSSR count). The number of nitrogens with zero attached hydrogens (tertiary/aromatic N) is 4. The largest absolute Gasteiger partial charge is 0.370 e. The van der Waals surface area contributed by atoms with E-state index >= 15 is 0 Å². The maximum Gasteiger partial charge on any atom is 0.142 e. The molecule has 2 aromatic heterocycles. The van der Waals surface area contributed by atoms with Crippen LogP contribution in [0, 0.1) is 11.3 Å². The van der Waals surface area contributed by atoms with Gasteiger partial charge in [-0.15, -0.1) is 0 Å². The summed E-state index contributed by atoms with van der Waals surface area (Å²) in [6.45, 7) is 0.780. The van der Waals surface area contributed by atoms with Gasteiger partial charge in [0.15, 0.2) is 0 Å². The first-order valence-electron chi connectivity index (χ1n) is 5.34. The molecule has 0 aromatic carbocycles. The lowest BCUT2D eigenvalue weighted by Crippen LogP contribution is -2.05. The summed E-state index contributed by atoms with van der Waals surface area (Å²) in [4.78, 5) is 8.15. The van der Waals surface area contributed by atoms with Crippen molar-refractivity contribution in [3.05, 3.63) is 36.0 Å². The number of hydrogen-bond acceptors (Lipinski definition) is 5. The van der Waals surface area contributed by atoms with E-state index in [0.29, 0.717) is 5.69 Å². The van der Waals surface area contributed by atoms with Crippen LogP contribution in [0.3, 0.4) is 0 Å². The fourth-order valence-corrected chi connectivity index (χ4v) is 1.42. The van der Waals surface area contributed by atoms with E-state index in [1.54, 1.807) is 6.07 Å². The van der Waals surface area contributed by atoms with Gasteiger partial charge in [0.1, 0.15) is 29.7 Å². The van der Waals surface area contributed by atoms with Gasteiger partial charge in [0.05, 0.1) is 0 Å². The van der Waals surface area contributed by atoms with Crippen molar-refractivity contribution in [3.8, 4) is 6.07 Å². The normalized spacial score (nSPS) is 9.82. The van der Waals surface area contributed by atoms with Crippen molar-refractivity contribution >= 4 is 5.82 Å². The number of hydrogen-bond donors (Lipinski definition) is 2. The zero-order valence-electron chi connectivity index (χ0n) is 9.22. The Morgan fingerprint density at radius 2 is 2.35 bits per heavy atom. The lowest BCUT2D eigenvalue weighted by atomic mass is 10.3. The fourth-order valence-electron chi connectivity index (χ4n) is 1.42. The summed E-state index contributed by atoms with van der Waals surface area (Å²) in [5.74, 6) is 1.60. The molecule has 0 aliphatic rings. The van der Waals surface area contributed by atoms with Crippen molar-refractivity contribution in [2.45, 2.75) is 12.8 Å². The minimum Gasteiger partial charge on any atom is -0.370 e. The van der Waals surface area contributed by atoms with Crippen LogP contribution in [0.2, 0.25) is 0 Å². The number of pyridine rings is 1. The van der Waals surface area contributed by atoms with Gasteiger partial charge in [0.2, 0.25) is 0 Å². The molecule has 0 saturated carbocycles. The smallest absolute Gasteiger partial charge is 0.142 e. The summed E-state index contributed by atoms with van der Waals surface area (Å²) in [5.41, 5.74) is 0.422. The number of nitriles is 1. The van der Waals surface area contributed by atoms with Gasteiger partial charge in [-0.2, -0.15) is 10.4 Å². The lowest BCUT2D eigenvalue weighted by Gasteiger charge is -2.04. The van der Waals surface area contributed by atoms with Gasteiger partial charge in [-0.05, 0) is 18.6 Å². The Morgan fingerprint density at radius 1 is 1.41 bits per heavy atom. The van der Waals surface area contributed by atoms with Gasteiger partial charge in [-0.25, -0.2) is 9.97 Å². The first-order chi connectivity index (χ1) is 8.38. The van der Waals surface area contributed by atoms with Gasteiger partial charge in [0, 0.05) is 13.0 Å². The van der Waals surface area contributed by atoms with Crippen LogP contribution in [0.4, 0.5) is 5.82 Å². The molecule has 6 heteroatoms. The monoisotopic (exact) mass is 228 g/mol. The summed E-state index contributed by atoms with van der Waals surface area (Å²) in [6.07, 6.45) is 3.26. The van der Waals surface area contributed by atoms with Crippen molar-refractivity contribution < 1.29 is 0 Å². The number of aromatic nitrogens is 4. The van der Waals surface area contributed by atoms with Crippen LogP contribution in [0.1, 0.15) is 17.9 Å². The third kappa shape index (κ3) is 3.28. The first kappa shape index (κ1) is 11.1. The van der Waals surface area contributed by atoms with E-state index < -0.39 is 0 Å². The highest BCUT2D eigenvalue weighted by Crippen LogP contribution is 2.04. The maximum absolute atomic E-state index is 8.70. The zero-order valence-corrected chi connectivity index (χ0v) is 9.22. The molecule has 0 atom stereocenters. The number of rotatable bonds is 5. The topological polar surface area (TPSA) is 90.3 Å². The summed E-state index contributed by atoms with van der Waals surface area (Å²) in [6, 6.07) is 7.34. The Bertz CT molecular complexity index is 499. The molecular formula is C11H12N6. The Kier molecular flexibility index (Phi) is 3.65. The summed E-state index contributed by atoms with van der Waals surface area (Å²) in [5, 5.41) is 18.4. The molecule has 0 fully saturated rings. The minimum absolute atomic E-state index is 0.422. The Balaban J connectivity index is 1.76. The van der Waals surface area contributed by atoms with Crippen LogP contribution in [-0.4, -0.2) is 26.7 Å². The van der Waals surface area contributed by atoms with Gasteiger partial charge in [-0.1, -0.05) is 6.07 Å². The Hall–Kier alpha value is -2.42. The van der Waals surface area contributed by atoms with Gasteiger partial charge >= 0.3 is 0 Å². The molecule has 0 saturated heterocycles. The average molecular weight is 228 g/mol. The quantitative estimate of drug-likeness (QED) is 0.748. The second kappa shape index (κ2) is 5.61. The Morgan fingerprint density at radius 3 is 3.12 bits per heavy atom. The zero-order chi connectivity index (χ0) is 11.9. The number of aryl methyl sites for hydroxylation is 1. The van der Waals surface area contributed by atoms with Crippen molar-refractivity contribution in [1.29, 1.82) is 5.26 Å². The van der Waals surface area contributed by atoms with Crippen LogP contribution in [0.5, 0.6) is 0 Å². The molecule has 0 amide bonds. The first-order valence-corrected chi connectivity index (χ1v) is 5.34. The standard InChI is InChI=1S/C11H12N6/c12-7-9-3-1-4-10(16-9)13-6-2-5-11-14-8-15-17-11/h1,3-4,8H,2,5-6H2,(H,13,16)(H,14,15,17). The van der Waals surface area contributed by atoms with E-state index in [1.807, 2.05) is 18.2 Å². The van der Waals surface area contributed by atoms with E-state index in [1.165, 1.54) is 6.33 Å². The van der Waals surface area contributed by atoms with E-state index in [-0.39, 0.29) is 0 Å². The maximum atomic E-state index is 8.70. The van der Waals surface area contributed by atoms with Crippen molar-refractivity contribution in [2.75, 3.05) is 11.9 Å². The van der Waals surface area contributed by atoms with Gasteiger partial charge < -0.3 is 5.32 Å². The Labute approximate surface area is 98.7 Å². The minimum atomic E-state index is 0.422. The number of H-pyrrole nitrogens is 1. The van der Waals surface area contributed by atoms with Crippen LogP contribution in [-0.2, 0) is 6.42 Å². The molecule has 0 unspecified atom stereocenters. The molecule has 0 spiro atoms. The van der Waals surface area contributed by atoms with Crippen molar-refractivity contribution in [2.24, 2.45) is 0 Å². The van der Waals surface area contributed by atoms with Crippen LogP contribution in [0.25, 0.3) is 0 Å². The molecule has 0 aliphatic heterocycles. The number of aromatic amines is 1. The molecule has 86 valence electrons. The molecule has 6 nitrogen and oxygen atoms in total. The van der Waals surface area contributed by atoms with E-state index in [0.717, 1.165) is 31.0 Å². The van der Waals surface area contributed by atoms with Gasteiger partial charge in [0.25, 0.3) is 0 Å². The summed E-state index contributed by atoms with van der Waals surface area (Å²) >= 11 is 0. The molecular weight excluding hydrogens is 216 g/mol. The van der Waals surface area contributed by atoms with Crippen LogP contribution < -0.4 is 5.32 Å². The number of nitrogens with one attached hydrogen (secondary N) is 2. The molecule has 0 aliphatic carbocycles. The SMILES string of the molecule is N#Cc1cccc(NCCCc2ncn[nH]2)n1. The highest BCUT2D eigenvalue weighted by Gasteiger charge is 1.97. The molecule has 0 radical (unpaired) electrons. The van der Waals surface area contributed by atoms with Gasteiger partial charge in [-0.3, -0.25) is 5.10 Å². The fraction of sp³-hybridized carbons (Fsp3) is 0.273. The van der Waals surface area contributed by atoms with Crippen molar-refractivity contribution in [3.63, 3.8) is 0 Å². The predicted molar refractivity (Wildman–Crippen MR) is 62.1 cm³/mol. The second-order valence-electron chi connectivity index (χ2n) is 3.48. The van der Waals surface area contributed by atoms with Crippen LogP contribution in [0.15, 0.2) is 24.5 Å². The van der Waals surface area contributed by atoms with E-state index in [2.05, 4.69) is 25.5 Å². The molecule has 2 aromatic rings. The number of anilines is 1. The predicted octanol–water partition coefficient (Wildman–Crippen LogP) is 1.12. The highest BCUT2D eigenvalue weighted by atomic mass is 15.2. The molecule has 17 heavy (non-hydrogen) atoms. The summed E-state index contributed by atoms with van der Waals surface area (Å²) < 4.78 is 0. The lowest BCUT2D eigenvalue weighted by molar-refractivity contribution is 0.803. The average Bonchev–Trinajstić information content (AvgIpc) is 2.88. The van der Waals surface area contributed by atoms with E-state index in [4.69, 9.17) is 5.26 Å². The van der Waals surface area contributed by atoms with Crippen molar-refractivity contribution in [1.82, 2.24) is 20.2 Å². The molecule has 0 bridgehead atoms. The molecule has 2 N–H and O–H groups in total. The summed E-state index contributed by atoms with van der Waals surface area (Å²) in [7, 11) is 0.